The number of carbonyl (C=O) groups is 1. The van der Waals surface area contributed by atoms with Crippen LogP contribution >= 0.6 is 11.3 Å². The van der Waals surface area contributed by atoms with E-state index >= 15 is 0 Å². The van der Waals surface area contributed by atoms with Crippen LogP contribution in [0.15, 0.2) is 40.6 Å². The minimum absolute atomic E-state index is 0.0600. The van der Waals surface area contributed by atoms with Gasteiger partial charge in [0.1, 0.15) is 12.4 Å². The first-order valence-corrected chi connectivity index (χ1v) is 10.5. The molecule has 0 bridgehead atoms. The average molecular weight is 398 g/mol. The number of amides is 1. The van der Waals surface area contributed by atoms with Crippen LogP contribution in [0.3, 0.4) is 0 Å². The quantitative estimate of drug-likeness (QED) is 0.702. The zero-order chi connectivity index (χ0) is 19.5. The molecule has 146 valence electrons. The molecular formula is C21H23N3O3S. The number of ether oxygens (including phenoxy) is 1. The molecule has 0 radical (unpaired) electrons. The van der Waals surface area contributed by atoms with E-state index in [9.17, 15) is 9.59 Å². The van der Waals surface area contributed by atoms with Crippen molar-refractivity contribution in [3.8, 4) is 5.75 Å². The summed E-state index contributed by atoms with van der Waals surface area (Å²) in [6.45, 7) is 2.14. The molecule has 1 aliphatic carbocycles. The Labute approximate surface area is 167 Å². The summed E-state index contributed by atoms with van der Waals surface area (Å²) in [4.78, 5) is 29.9. The fourth-order valence-corrected chi connectivity index (χ4v) is 4.30. The van der Waals surface area contributed by atoms with Crippen LogP contribution in [0.5, 0.6) is 5.75 Å². The Bertz CT molecular complexity index is 1050. The molecule has 1 saturated carbocycles. The van der Waals surface area contributed by atoms with Crippen LogP contribution in [0.4, 0.5) is 5.69 Å². The smallest absolute Gasteiger partial charge is 0.258 e. The van der Waals surface area contributed by atoms with Gasteiger partial charge >= 0.3 is 0 Å². The Morgan fingerprint density at radius 2 is 2.11 bits per heavy atom. The number of benzene rings is 1. The Balaban J connectivity index is 1.51. The molecule has 0 spiro atoms. The normalized spacial score (nSPS) is 14.9. The Kier molecular flexibility index (Phi) is 5.43. The number of thiazole rings is 1. The van der Waals surface area contributed by atoms with E-state index in [1.54, 1.807) is 6.20 Å². The van der Waals surface area contributed by atoms with Crippen LogP contribution in [0, 0.1) is 12.8 Å². The van der Waals surface area contributed by atoms with Gasteiger partial charge in [-0.25, -0.2) is 4.98 Å². The maximum Gasteiger partial charge on any atom is 0.258 e. The summed E-state index contributed by atoms with van der Waals surface area (Å²) in [7, 11) is 0. The molecule has 1 amide bonds. The van der Waals surface area contributed by atoms with E-state index in [-0.39, 0.29) is 24.0 Å². The first-order chi connectivity index (χ1) is 13.6. The number of rotatable bonds is 5. The molecule has 0 saturated heterocycles. The molecule has 1 N–H and O–H groups in total. The molecule has 0 aliphatic heterocycles. The number of aryl methyl sites for hydroxylation is 1. The molecule has 28 heavy (non-hydrogen) atoms. The third-order valence-electron chi connectivity index (χ3n) is 5.10. The molecule has 4 rings (SSSR count). The van der Waals surface area contributed by atoms with Gasteiger partial charge in [-0.2, -0.15) is 0 Å². The summed E-state index contributed by atoms with van der Waals surface area (Å²) in [5.41, 5.74) is 2.14. The van der Waals surface area contributed by atoms with E-state index in [1.807, 2.05) is 30.5 Å². The number of hydrogen-bond acceptors (Lipinski definition) is 5. The third kappa shape index (κ3) is 4.09. The van der Waals surface area contributed by atoms with Crippen molar-refractivity contribution in [3.05, 3.63) is 57.5 Å². The van der Waals surface area contributed by atoms with Crippen LogP contribution in [0.1, 0.15) is 43.4 Å². The van der Waals surface area contributed by atoms with Crippen molar-refractivity contribution in [2.24, 2.45) is 5.92 Å². The lowest BCUT2D eigenvalue weighted by Crippen LogP contribution is -2.25. The van der Waals surface area contributed by atoms with Gasteiger partial charge in [-0.05, 0) is 37.5 Å². The second kappa shape index (κ2) is 8.14. The second-order valence-corrected chi connectivity index (χ2v) is 8.13. The van der Waals surface area contributed by atoms with Gasteiger partial charge in [0.05, 0.1) is 11.4 Å². The largest absolute Gasteiger partial charge is 0.485 e. The van der Waals surface area contributed by atoms with Gasteiger partial charge in [0.25, 0.3) is 5.56 Å². The number of fused-ring (bicyclic) bond motifs is 1. The van der Waals surface area contributed by atoms with E-state index in [0.29, 0.717) is 22.1 Å². The average Bonchev–Trinajstić information content (AvgIpc) is 3.18. The highest BCUT2D eigenvalue weighted by Gasteiger charge is 2.22. The van der Waals surface area contributed by atoms with Crippen LogP contribution < -0.4 is 15.6 Å². The SMILES string of the molecule is Cc1ccc(NC(=O)C2CCCCC2)c(OCc2cc(=O)n3ccsc3n2)c1. The van der Waals surface area contributed by atoms with Crippen molar-refractivity contribution < 1.29 is 9.53 Å². The van der Waals surface area contributed by atoms with Crippen molar-refractivity contribution in [1.82, 2.24) is 9.38 Å². The highest BCUT2D eigenvalue weighted by Crippen LogP contribution is 2.30. The van der Waals surface area contributed by atoms with Crippen molar-refractivity contribution >= 4 is 27.9 Å². The highest BCUT2D eigenvalue weighted by atomic mass is 32.1. The topological polar surface area (TPSA) is 72.7 Å². The fraction of sp³-hybridized carbons (Fsp3) is 0.381. The van der Waals surface area contributed by atoms with Crippen molar-refractivity contribution in [2.45, 2.75) is 45.6 Å². The number of anilines is 1. The van der Waals surface area contributed by atoms with Gasteiger partial charge in [-0.1, -0.05) is 25.3 Å². The molecule has 6 nitrogen and oxygen atoms in total. The zero-order valence-corrected chi connectivity index (χ0v) is 16.6. The van der Waals surface area contributed by atoms with E-state index in [2.05, 4.69) is 10.3 Å². The first kappa shape index (κ1) is 18.7. The molecule has 7 heteroatoms. The van der Waals surface area contributed by atoms with E-state index in [4.69, 9.17) is 4.74 Å². The van der Waals surface area contributed by atoms with Crippen molar-refractivity contribution in [3.63, 3.8) is 0 Å². The van der Waals surface area contributed by atoms with Crippen molar-refractivity contribution in [2.75, 3.05) is 5.32 Å². The molecule has 1 fully saturated rings. The molecule has 2 heterocycles. The predicted octanol–water partition coefficient (Wildman–Crippen LogP) is 4.16. The Hall–Kier alpha value is -2.67. The van der Waals surface area contributed by atoms with Gasteiger partial charge in [-0.3, -0.25) is 14.0 Å². The molecule has 0 unspecified atom stereocenters. The second-order valence-electron chi connectivity index (χ2n) is 7.25. The molecule has 1 aliphatic rings. The number of hydrogen-bond donors (Lipinski definition) is 1. The fourth-order valence-electron chi connectivity index (χ4n) is 3.57. The minimum atomic E-state index is -0.125. The summed E-state index contributed by atoms with van der Waals surface area (Å²) >= 11 is 1.41. The maximum atomic E-state index is 12.6. The molecule has 3 aromatic rings. The summed E-state index contributed by atoms with van der Waals surface area (Å²) < 4.78 is 7.46. The van der Waals surface area contributed by atoms with Gasteiger partial charge in [0.2, 0.25) is 5.91 Å². The highest BCUT2D eigenvalue weighted by molar-refractivity contribution is 7.15. The summed E-state index contributed by atoms with van der Waals surface area (Å²) in [5.74, 6) is 0.730. The van der Waals surface area contributed by atoms with Crippen LogP contribution in [0.2, 0.25) is 0 Å². The lowest BCUT2D eigenvalue weighted by molar-refractivity contribution is -0.120. The lowest BCUT2D eigenvalue weighted by atomic mass is 9.88. The van der Waals surface area contributed by atoms with Crippen molar-refractivity contribution in [1.29, 1.82) is 0 Å². The first-order valence-electron chi connectivity index (χ1n) is 9.60. The van der Waals surface area contributed by atoms with E-state index in [0.717, 1.165) is 31.2 Å². The number of carbonyl (C=O) groups excluding carboxylic acids is 1. The summed E-state index contributed by atoms with van der Waals surface area (Å²) in [6.07, 6.45) is 7.04. The number of nitrogens with one attached hydrogen (secondary N) is 1. The molecule has 1 aromatic carbocycles. The minimum Gasteiger partial charge on any atom is -0.485 e. The summed E-state index contributed by atoms with van der Waals surface area (Å²) in [6, 6.07) is 7.20. The van der Waals surface area contributed by atoms with Crippen LogP contribution in [-0.2, 0) is 11.4 Å². The monoisotopic (exact) mass is 397 g/mol. The van der Waals surface area contributed by atoms with Gasteiger partial charge in [0.15, 0.2) is 4.96 Å². The van der Waals surface area contributed by atoms with E-state index < -0.39 is 0 Å². The van der Waals surface area contributed by atoms with Crippen LogP contribution in [0.25, 0.3) is 4.96 Å². The maximum absolute atomic E-state index is 12.6. The lowest BCUT2D eigenvalue weighted by Gasteiger charge is -2.21. The number of nitrogens with zero attached hydrogens (tertiary/aromatic N) is 2. The number of aromatic nitrogens is 2. The zero-order valence-electron chi connectivity index (χ0n) is 15.8. The Morgan fingerprint density at radius 1 is 1.29 bits per heavy atom. The molecular weight excluding hydrogens is 374 g/mol. The third-order valence-corrected chi connectivity index (χ3v) is 5.86. The molecule has 0 atom stereocenters. The van der Waals surface area contributed by atoms with Crippen LogP contribution in [-0.4, -0.2) is 15.3 Å². The standard InChI is InChI=1S/C21H23N3O3S/c1-14-7-8-17(23-20(26)15-5-3-2-4-6-15)18(11-14)27-13-16-12-19(25)24-9-10-28-21(24)22-16/h7-12,15H,2-6,13H2,1H3,(H,23,26). The van der Waals surface area contributed by atoms with Gasteiger partial charge in [-0.15, -0.1) is 11.3 Å². The van der Waals surface area contributed by atoms with Gasteiger partial charge in [0, 0.05) is 23.6 Å². The predicted molar refractivity (Wildman–Crippen MR) is 110 cm³/mol. The van der Waals surface area contributed by atoms with Gasteiger partial charge < -0.3 is 10.1 Å². The summed E-state index contributed by atoms with van der Waals surface area (Å²) in [5, 5.41) is 4.86. The van der Waals surface area contributed by atoms with E-state index in [1.165, 1.54) is 28.2 Å². The Morgan fingerprint density at radius 3 is 2.93 bits per heavy atom. The molecule has 2 aromatic heterocycles.